The first-order chi connectivity index (χ1) is 7.43. The molecule has 0 heterocycles. The molecule has 0 bridgehead atoms. The monoisotopic (exact) mass is 303 g/mol. The lowest BCUT2D eigenvalue weighted by atomic mass is 10.0. The van der Waals surface area contributed by atoms with E-state index in [0.717, 1.165) is 4.47 Å². The lowest BCUT2D eigenvalue weighted by Gasteiger charge is -2.24. The lowest BCUT2D eigenvalue weighted by Crippen LogP contribution is -2.36. The molecule has 0 aliphatic carbocycles. The van der Waals surface area contributed by atoms with Gasteiger partial charge in [0.25, 0.3) is 0 Å². The van der Waals surface area contributed by atoms with Gasteiger partial charge in [0.1, 0.15) is 0 Å². The molecular formula is C12H18BrNOS. The van der Waals surface area contributed by atoms with Crippen LogP contribution in [0, 0.1) is 0 Å². The van der Waals surface area contributed by atoms with E-state index in [4.69, 9.17) is 5.73 Å². The zero-order valence-corrected chi connectivity index (χ0v) is 12.0. The second-order valence-corrected chi connectivity index (χ2v) is 6.72. The minimum atomic E-state index is -0.762. The third-order valence-electron chi connectivity index (χ3n) is 2.32. The number of hydrogen-bond donors (Lipinski definition) is 2. The zero-order chi connectivity index (χ0) is 12.2. The molecule has 4 heteroatoms. The highest BCUT2D eigenvalue weighted by Gasteiger charge is 2.21. The third kappa shape index (κ3) is 4.87. The molecule has 1 aromatic rings. The Kier molecular flexibility index (Phi) is 5.31. The van der Waals surface area contributed by atoms with E-state index in [1.54, 1.807) is 18.7 Å². The minimum Gasteiger partial charge on any atom is -0.389 e. The van der Waals surface area contributed by atoms with Crippen LogP contribution in [0.2, 0.25) is 0 Å². The predicted octanol–water partition coefficient (Wildman–Crippen LogP) is 3.03. The maximum atomic E-state index is 9.87. The van der Waals surface area contributed by atoms with Crippen LogP contribution >= 0.6 is 27.7 Å². The van der Waals surface area contributed by atoms with Crippen molar-refractivity contribution in [2.24, 2.45) is 5.73 Å². The summed E-state index contributed by atoms with van der Waals surface area (Å²) in [5, 5.41) is 10.2. The van der Waals surface area contributed by atoms with Gasteiger partial charge in [-0.2, -0.15) is 0 Å². The van der Waals surface area contributed by atoms with E-state index in [1.807, 2.05) is 12.1 Å². The number of hydrogen-bond acceptors (Lipinski definition) is 3. The van der Waals surface area contributed by atoms with Gasteiger partial charge in [0, 0.05) is 21.2 Å². The van der Waals surface area contributed by atoms with E-state index in [-0.39, 0.29) is 0 Å². The predicted molar refractivity (Wildman–Crippen MR) is 73.8 cm³/mol. The molecule has 0 radical (unpaired) electrons. The Bertz CT molecular complexity index is 326. The molecule has 2 atom stereocenters. The highest BCUT2D eigenvalue weighted by molar-refractivity contribution is 9.10. The number of aliphatic hydroxyl groups is 1. The molecule has 0 spiro atoms. The van der Waals surface area contributed by atoms with E-state index >= 15 is 0 Å². The largest absolute Gasteiger partial charge is 0.389 e. The third-order valence-corrected chi connectivity index (χ3v) is 3.96. The van der Waals surface area contributed by atoms with Crippen molar-refractivity contribution in [1.82, 2.24) is 0 Å². The van der Waals surface area contributed by atoms with Gasteiger partial charge in [-0.15, -0.1) is 11.8 Å². The molecule has 0 aliphatic rings. The Morgan fingerprint density at radius 1 is 1.44 bits per heavy atom. The standard InChI is InChI=1S/C12H18BrNOS/c1-9(7-12(2,15)8-14)16-11-5-3-10(13)4-6-11/h3-6,9,15H,7-8,14H2,1-2H3. The quantitative estimate of drug-likeness (QED) is 0.822. The van der Waals surface area contributed by atoms with E-state index < -0.39 is 5.60 Å². The number of nitrogens with two attached hydrogens (primary N) is 1. The van der Waals surface area contributed by atoms with Crippen LogP contribution in [-0.4, -0.2) is 22.5 Å². The normalized spacial score (nSPS) is 16.8. The van der Waals surface area contributed by atoms with Gasteiger partial charge in [0.15, 0.2) is 0 Å². The fourth-order valence-electron chi connectivity index (χ4n) is 1.49. The second kappa shape index (κ2) is 6.05. The Morgan fingerprint density at radius 2 is 2.00 bits per heavy atom. The van der Waals surface area contributed by atoms with Crippen molar-refractivity contribution in [1.29, 1.82) is 0 Å². The first kappa shape index (κ1) is 14.0. The molecule has 2 unspecified atom stereocenters. The molecule has 2 nitrogen and oxygen atoms in total. The van der Waals surface area contributed by atoms with E-state index in [0.29, 0.717) is 18.2 Å². The Labute approximate surface area is 110 Å². The second-order valence-electron chi connectivity index (χ2n) is 4.29. The number of thioether (sulfide) groups is 1. The van der Waals surface area contributed by atoms with Gasteiger partial charge in [-0.1, -0.05) is 22.9 Å². The molecule has 1 aromatic carbocycles. The van der Waals surface area contributed by atoms with Gasteiger partial charge in [-0.25, -0.2) is 0 Å². The first-order valence-corrected chi connectivity index (χ1v) is 6.95. The van der Waals surface area contributed by atoms with Gasteiger partial charge in [-0.3, -0.25) is 0 Å². The van der Waals surface area contributed by atoms with Crippen molar-refractivity contribution >= 4 is 27.7 Å². The van der Waals surface area contributed by atoms with Gasteiger partial charge >= 0.3 is 0 Å². The average Bonchev–Trinajstić information content (AvgIpc) is 2.21. The van der Waals surface area contributed by atoms with E-state index in [2.05, 4.69) is 35.0 Å². The molecule has 90 valence electrons. The zero-order valence-electron chi connectivity index (χ0n) is 9.61. The Balaban J connectivity index is 2.51. The first-order valence-electron chi connectivity index (χ1n) is 5.27. The molecule has 0 aliphatic heterocycles. The summed E-state index contributed by atoms with van der Waals surface area (Å²) in [7, 11) is 0. The molecule has 0 fully saturated rings. The maximum absolute atomic E-state index is 9.87. The van der Waals surface area contributed by atoms with Crippen molar-refractivity contribution < 1.29 is 5.11 Å². The molecule has 0 saturated heterocycles. The van der Waals surface area contributed by atoms with Crippen molar-refractivity contribution in [3.05, 3.63) is 28.7 Å². The summed E-state index contributed by atoms with van der Waals surface area (Å²) in [6.45, 7) is 4.20. The van der Waals surface area contributed by atoms with Crippen molar-refractivity contribution in [3.8, 4) is 0 Å². The van der Waals surface area contributed by atoms with E-state index in [1.165, 1.54) is 4.90 Å². The Hall–Kier alpha value is -0.0300. The van der Waals surface area contributed by atoms with Crippen molar-refractivity contribution in [2.45, 2.75) is 36.0 Å². The smallest absolute Gasteiger partial charge is 0.0752 e. The van der Waals surface area contributed by atoms with E-state index in [9.17, 15) is 5.11 Å². The fourth-order valence-corrected chi connectivity index (χ4v) is 2.95. The fraction of sp³-hybridized carbons (Fsp3) is 0.500. The molecule has 16 heavy (non-hydrogen) atoms. The molecule has 1 rings (SSSR count). The summed E-state index contributed by atoms with van der Waals surface area (Å²) in [5.74, 6) is 0. The van der Waals surface area contributed by atoms with Crippen LogP contribution < -0.4 is 5.73 Å². The molecular weight excluding hydrogens is 286 g/mol. The van der Waals surface area contributed by atoms with Gasteiger partial charge in [0.2, 0.25) is 0 Å². The molecule has 0 aromatic heterocycles. The summed E-state index contributed by atoms with van der Waals surface area (Å²) < 4.78 is 1.08. The van der Waals surface area contributed by atoms with Gasteiger partial charge in [0.05, 0.1) is 5.60 Å². The number of halogens is 1. The van der Waals surface area contributed by atoms with Crippen LogP contribution in [0.1, 0.15) is 20.3 Å². The molecule has 3 N–H and O–H groups in total. The number of rotatable bonds is 5. The van der Waals surface area contributed by atoms with Crippen LogP contribution in [0.5, 0.6) is 0 Å². The summed E-state index contributed by atoms with van der Waals surface area (Å²) in [4.78, 5) is 1.21. The average molecular weight is 304 g/mol. The maximum Gasteiger partial charge on any atom is 0.0752 e. The minimum absolute atomic E-state index is 0.304. The summed E-state index contributed by atoms with van der Waals surface area (Å²) in [5.41, 5.74) is 4.74. The molecule has 0 saturated carbocycles. The highest BCUT2D eigenvalue weighted by Crippen LogP contribution is 2.29. The van der Waals surface area contributed by atoms with Gasteiger partial charge < -0.3 is 10.8 Å². The van der Waals surface area contributed by atoms with Crippen LogP contribution in [0.25, 0.3) is 0 Å². The van der Waals surface area contributed by atoms with Crippen LogP contribution in [0.3, 0.4) is 0 Å². The van der Waals surface area contributed by atoms with Crippen molar-refractivity contribution in [3.63, 3.8) is 0 Å². The van der Waals surface area contributed by atoms with Crippen molar-refractivity contribution in [2.75, 3.05) is 6.54 Å². The molecule has 0 amide bonds. The summed E-state index contributed by atoms with van der Waals surface area (Å²) >= 11 is 5.16. The number of benzene rings is 1. The summed E-state index contributed by atoms with van der Waals surface area (Å²) in [6, 6.07) is 8.19. The van der Waals surface area contributed by atoms with Crippen LogP contribution in [0.15, 0.2) is 33.6 Å². The lowest BCUT2D eigenvalue weighted by molar-refractivity contribution is 0.0608. The summed E-state index contributed by atoms with van der Waals surface area (Å²) in [6.07, 6.45) is 0.699. The highest BCUT2D eigenvalue weighted by atomic mass is 79.9. The van der Waals surface area contributed by atoms with Crippen LogP contribution in [0.4, 0.5) is 0 Å². The van der Waals surface area contributed by atoms with Crippen LogP contribution in [-0.2, 0) is 0 Å². The topological polar surface area (TPSA) is 46.2 Å². The van der Waals surface area contributed by atoms with Gasteiger partial charge in [-0.05, 0) is 37.6 Å². The SMILES string of the molecule is CC(CC(C)(O)CN)Sc1ccc(Br)cc1. The Morgan fingerprint density at radius 3 is 2.50 bits per heavy atom.